The van der Waals surface area contributed by atoms with Gasteiger partial charge >= 0.3 is 0 Å². The number of hydrogen-bond acceptors (Lipinski definition) is 4. The lowest BCUT2D eigenvalue weighted by molar-refractivity contribution is 0.891. The Morgan fingerprint density at radius 1 is 1.17 bits per heavy atom. The molecule has 0 fully saturated rings. The first-order valence-corrected chi connectivity index (χ1v) is 5.70. The molecule has 90 valence electrons. The molecule has 0 unspecified atom stereocenters. The summed E-state index contributed by atoms with van der Waals surface area (Å²) in [5.74, 6) is 1.10. The number of aromatic nitrogens is 5. The molecule has 0 aliphatic heterocycles. The summed E-state index contributed by atoms with van der Waals surface area (Å²) in [6, 6.07) is 9.66. The number of nitrogens with two attached hydrogens (primary N) is 1. The molecule has 0 radical (unpaired) electrons. The standard InChI is InChI=1S/C11H10N6S/c12-9-8(10-14-11(18)16-15-10)6-13-17(9)7-4-2-1-3-5-7/h1-6H,12H2,(H2,14,15,16,18). The Balaban J connectivity index is 2.11. The third kappa shape index (κ3) is 1.70. The molecule has 0 atom stereocenters. The number of para-hydroxylation sites is 1. The zero-order valence-electron chi connectivity index (χ0n) is 9.29. The molecule has 4 N–H and O–H groups in total. The average Bonchev–Trinajstić information content (AvgIpc) is 2.97. The fraction of sp³-hybridized carbons (Fsp3) is 0. The van der Waals surface area contributed by atoms with Gasteiger partial charge < -0.3 is 5.73 Å². The topological polar surface area (TPSA) is 88.3 Å². The lowest BCUT2D eigenvalue weighted by Crippen LogP contribution is -2.02. The van der Waals surface area contributed by atoms with Crippen molar-refractivity contribution in [3.05, 3.63) is 41.3 Å². The SMILES string of the molecule is Nc1c(-c2nc(=S)[nH][nH]2)cnn1-c1ccccc1. The van der Waals surface area contributed by atoms with E-state index in [0.717, 1.165) is 5.69 Å². The van der Waals surface area contributed by atoms with Gasteiger partial charge in [0.1, 0.15) is 5.82 Å². The van der Waals surface area contributed by atoms with E-state index in [1.54, 1.807) is 10.9 Å². The Bertz CT molecular complexity index is 723. The highest BCUT2D eigenvalue weighted by molar-refractivity contribution is 7.71. The summed E-state index contributed by atoms with van der Waals surface area (Å²) >= 11 is 4.91. The van der Waals surface area contributed by atoms with E-state index in [2.05, 4.69) is 20.3 Å². The number of nitrogens with one attached hydrogen (secondary N) is 2. The molecule has 6 nitrogen and oxygen atoms in total. The number of nitrogens with zero attached hydrogens (tertiary/aromatic N) is 3. The van der Waals surface area contributed by atoms with Crippen LogP contribution in [0.25, 0.3) is 17.1 Å². The van der Waals surface area contributed by atoms with Crippen LogP contribution in [0.3, 0.4) is 0 Å². The maximum atomic E-state index is 6.07. The molecule has 2 heterocycles. The summed E-state index contributed by atoms with van der Waals surface area (Å²) < 4.78 is 2.04. The van der Waals surface area contributed by atoms with Crippen molar-refractivity contribution in [3.8, 4) is 17.1 Å². The van der Waals surface area contributed by atoms with E-state index < -0.39 is 0 Å². The maximum absolute atomic E-state index is 6.07. The molecular formula is C11H10N6S. The number of hydrogen-bond donors (Lipinski definition) is 3. The number of rotatable bonds is 2. The Hall–Kier alpha value is -2.41. The minimum absolute atomic E-state index is 0.386. The third-order valence-corrected chi connectivity index (χ3v) is 2.76. The highest BCUT2D eigenvalue weighted by Gasteiger charge is 2.12. The van der Waals surface area contributed by atoms with Gasteiger partial charge in [-0.25, -0.2) is 4.68 Å². The largest absolute Gasteiger partial charge is 0.383 e. The molecule has 0 saturated heterocycles. The van der Waals surface area contributed by atoms with Crippen LogP contribution in [0.5, 0.6) is 0 Å². The molecule has 3 aromatic rings. The molecule has 2 aromatic heterocycles. The van der Waals surface area contributed by atoms with Crippen molar-refractivity contribution < 1.29 is 0 Å². The van der Waals surface area contributed by atoms with Gasteiger partial charge in [-0.15, -0.1) is 0 Å². The van der Waals surface area contributed by atoms with Crippen LogP contribution in [0.1, 0.15) is 0 Å². The molecule has 18 heavy (non-hydrogen) atoms. The van der Waals surface area contributed by atoms with Crippen molar-refractivity contribution in [2.24, 2.45) is 0 Å². The summed E-state index contributed by atoms with van der Waals surface area (Å²) in [5, 5.41) is 9.84. The van der Waals surface area contributed by atoms with Crippen LogP contribution in [0.2, 0.25) is 0 Å². The molecule has 0 aliphatic rings. The smallest absolute Gasteiger partial charge is 0.213 e. The van der Waals surface area contributed by atoms with Crippen molar-refractivity contribution >= 4 is 18.0 Å². The van der Waals surface area contributed by atoms with Crippen LogP contribution < -0.4 is 5.73 Å². The molecule has 0 bridgehead atoms. The lowest BCUT2D eigenvalue weighted by atomic mass is 10.3. The van der Waals surface area contributed by atoms with Gasteiger partial charge in [-0.05, 0) is 24.4 Å². The molecule has 0 aliphatic carbocycles. The van der Waals surface area contributed by atoms with E-state index in [0.29, 0.717) is 22.0 Å². The second-order valence-electron chi connectivity index (χ2n) is 3.71. The van der Waals surface area contributed by atoms with Gasteiger partial charge in [0.15, 0.2) is 5.82 Å². The van der Waals surface area contributed by atoms with E-state index >= 15 is 0 Å². The molecular weight excluding hydrogens is 248 g/mol. The van der Waals surface area contributed by atoms with Crippen LogP contribution in [0.4, 0.5) is 5.82 Å². The first kappa shape index (κ1) is 10.7. The van der Waals surface area contributed by atoms with Crippen molar-refractivity contribution in [1.82, 2.24) is 25.0 Å². The molecule has 0 saturated carbocycles. The van der Waals surface area contributed by atoms with E-state index in [1.807, 2.05) is 30.3 Å². The van der Waals surface area contributed by atoms with E-state index in [1.165, 1.54) is 0 Å². The van der Waals surface area contributed by atoms with E-state index in [-0.39, 0.29) is 0 Å². The Kier molecular flexibility index (Phi) is 2.45. The predicted molar refractivity (Wildman–Crippen MR) is 70.7 cm³/mol. The van der Waals surface area contributed by atoms with Gasteiger partial charge in [0, 0.05) is 0 Å². The molecule has 7 heteroatoms. The summed E-state index contributed by atoms with van der Waals surface area (Å²) in [7, 11) is 0. The Morgan fingerprint density at radius 2 is 1.94 bits per heavy atom. The van der Waals surface area contributed by atoms with E-state index in [4.69, 9.17) is 18.0 Å². The second-order valence-corrected chi connectivity index (χ2v) is 4.09. The van der Waals surface area contributed by atoms with Gasteiger partial charge in [-0.1, -0.05) is 18.2 Å². The number of H-pyrrole nitrogens is 2. The summed E-state index contributed by atoms with van der Waals surface area (Å²) in [4.78, 5) is 4.12. The minimum Gasteiger partial charge on any atom is -0.383 e. The Morgan fingerprint density at radius 3 is 2.61 bits per heavy atom. The number of anilines is 1. The van der Waals surface area contributed by atoms with E-state index in [9.17, 15) is 0 Å². The van der Waals surface area contributed by atoms with Gasteiger partial charge in [-0.2, -0.15) is 10.1 Å². The zero-order chi connectivity index (χ0) is 12.5. The minimum atomic E-state index is 0.386. The zero-order valence-corrected chi connectivity index (χ0v) is 10.1. The summed E-state index contributed by atoms with van der Waals surface area (Å²) in [6.07, 6.45) is 1.66. The van der Waals surface area contributed by atoms with Crippen LogP contribution >= 0.6 is 12.2 Å². The van der Waals surface area contributed by atoms with Crippen LogP contribution in [0.15, 0.2) is 36.5 Å². The molecule has 0 spiro atoms. The monoisotopic (exact) mass is 258 g/mol. The van der Waals surface area contributed by atoms with Gasteiger partial charge in [0.2, 0.25) is 4.77 Å². The highest BCUT2D eigenvalue weighted by atomic mass is 32.1. The van der Waals surface area contributed by atoms with Crippen LogP contribution in [-0.4, -0.2) is 25.0 Å². The third-order valence-electron chi connectivity index (χ3n) is 2.56. The number of nitrogen functional groups attached to an aromatic ring is 1. The molecule has 0 amide bonds. The fourth-order valence-corrected chi connectivity index (χ4v) is 1.86. The summed E-state index contributed by atoms with van der Waals surface area (Å²) in [6.45, 7) is 0. The van der Waals surface area contributed by atoms with Gasteiger partial charge in [-0.3, -0.25) is 10.2 Å². The molecule has 1 aromatic carbocycles. The highest BCUT2D eigenvalue weighted by Crippen LogP contribution is 2.24. The normalized spacial score (nSPS) is 10.7. The fourth-order valence-electron chi connectivity index (χ4n) is 1.71. The van der Waals surface area contributed by atoms with Crippen molar-refractivity contribution in [3.63, 3.8) is 0 Å². The summed E-state index contributed by atoms with van der Waals surface area (Å²) in [5.41, 5.74) is 7.68. The number of aromatic amines is 2. The first-order valence-electron chi connectivity index (χ1n) is 5.29. The second kappa shape index (κ2) is 4.11. The average molecular weight is 258 g/mol. The van der Waals surface area contributed by atoms with Gasteiger partial charge in [0.05, 0.1) is 17.4 Å². The van der Waals surface area contributed by atoms with Crippen LogP contribution in [-0.2, 0) is 0 Å². The Labute approximate surface area is 107 Å². The maximum Gasteiger partial charge on any atom is 0.213 e. The van der Waals surface area contributed by atoms with Crippen molar-refractivity contribution in [1.29, 1.82) is 0 Å². The predicted octanol–water partition coefficient (Wildman–Crippen LogP) is 1.90. The molecule has 3 rings (SSSR count). The van der Waals surface area contributed by atoms with Crippen molar-refractivity contribution in [2.45, 2.75) is 0 Å². The number of benzene rings is 1. The lowest BCUT2D eigenvalue weighted by Gasteiger charge is -2.03. The van der Waals surface area contributed by atoms with Crippen LogP contribution in [0, 0.1) is 4.77 Å². The van der Waals surface area contributed by atoms with Gasteiger partial charge in [0.25, 0.3) is 0 Å². The quantitative estimate of drug-likeness (QED) is 0.612. The first-order chi connectivity index (χ1) is 8.75. The van der Waals surface area contributed by atoms with Crippen molar-refractivity contribution in [2.75, 3.05) is 5.73 Å².